The molecule has 0 radical (unpaired) electrons. The van der Waals surface area contributed by atoms with Crippen LogP contribution in [-0.4, -0.2) is 23.3 Å². The molecule has 2 rings (SSSR count). The largest absolute Gasteiger partial charge is 0.350 e. The van der Waals surface area contributed by atoms with Crippen LogP contribution in [0.5, 0.6) is 0 Å². The molecule has 1 aliphatic heterocycles. The van der Waals surface area contributed by atoms with E-state index in [0.717, 1.165) is 16.8 Å². The maximum absolute atomic E-state index is 12.0. The molecule has 4 heteroatoms. The molecule has 19 heavy (non-hydrogen) atoms. The van der Waals surface area contributed by atoms with E-state index in [1.165, 1.54) is 16.5 Å². The minimum atomic E-state index is -0.258. The van der Waals surface area contributed by atoms with E-state index >= 15 is 0 Å². The summed E-state index contributed by atoms with van der Waals surface area (Å²) in [7, 11) is 0. The van der Waals surface area contributed by atoms with Gasteiger partial charge in [-0.3, -0.25) is 14.5 Å². The molecule has 100 valence electrons. The van der Waals surface area contributed by atoms with Crippen LogP contribution in [0.4, 0.5) is 5.69 Å². The fourth-order valence-corrected chi connectivity index (χ4v) is 2.41. The van der Waals surface area contributed by atoms with Gasteiger partial charge < -0.3 is 5.32 Å². The number of nitrogens with one attached hydrogen (secondary N) is 1. The van der Waals surface area contributed by atoms with Crippen LogP contribution in [-0.2, 0) is 9.59 Å². The van der Waals surface area contributed by atoms with Crippen LogP contribution < -0.4 is 5.32 Å². The van der Waals surface area contributed by atoms with Gasteiger partial charge in [0.05, 0.1) is 0 Å². The zero-order chi connectivity index (χ0) is 14.2. The smallest absolute Gasteiger partial charge is 0.277 e. The fourth-order valence-electron chi connectivity index (χ4n) is 2.41. The van der Waals surface area contributed by atoms with Gasteiger partial charge >= 0.3 is 0 Å². The first-order valence-electron chi connectivity index (χ1n) is 6.36. The third-order valence-corrected chi connectivity index (χ3v) is 3.26. The Morgan fingerprint density at radius 2 is 1.68 bits per heavy atom. The van der Waals surface area contributed by atoms with Gasteiger partial charge in [0, 0.05) is 18.3 Å². The lowest BCUT2D eigenvalue weighted by Gasteiger charge is -2.15. The Hall–Kier alpha value is -2.10. The fraction of sp³-hybridized carbons (Fsp3) is 0.333. The van der Waals surface area contributed by atoms with Crippen molar-refractivity contribution in [3.8, 4) is 0 Å². The molecule has 4 nitrogen and oxygen atoms in total. The Bertz CT molecular complexity index is 565. The average Bonchev–Trinajstić information content (AvgIpc) is 2.58. The van der Waals surface area contributed by atoms with Crippen LogP contribution in [0.3, 0.4) is 0 Å². The molecule has 1 aromatic carbocycles. The first-order valence-corrected chi connectivity index (χ1v) is 6.36. The van der Waals surface area contributed by atoms with Crippen molar-refractivity contribution in [2.45, 2.75) is 27.7 Å². The van der Waals surface area contributed by atoms with Crippen LogP contribution in [0, 0.1) is 20.8 Å². The van der Waals surface area contributed by atoms with Gasteiger partial charge in [-0.2, -0.15) is 0 Å². The maximum Gasteiger partial charge on any atom is 0.277 e. The monoisotopic (exact) mass is 258 g/mol. The molecule has 1 aromatic rings. The molecule has 0 aliphatic carbocycles. The molecule has 0 atom stereocenters. The zero-order valence-corrected chi connectivity index (χ0v) is 11.7. The van der Waals surface area contributed by atoms with E-state index in [9.17, 15) is 9.59 Å². The molecule has 0 saturated carbocycles. The Morgan fingerprint density at radius 3 is 2.16 bits per heavy atom. The second-order valence-electron chi connectivity index (χ2n) is 4.84. The number of carbonyl (C=O) groups is 2. The number of hydrogen-bond acceptors (Lipinski definition) is 3. The quantitative estimate of drug-likeness (QED) is 0.846. The Morgan fingerprint density at radius 1 is 1.11 bits per heavy atom. The van der Waals surface area contributed by atoms with E-state index < -0.39 is 0 Å². The van der Waals surface area contributed by atoms with Crippen molar-refractivity contribution in [3.05, 3.63) is 40.6 Å². The molecular formula is C15H18N2O2. The molecule has 1 aliphatic rings. The van der Waals surface area contributed by atoms with Gasteiger partial charge in [-0.25, -0.2) is 0 Å². The number of likely N-dealkylation sites (N-methyl/N-ethyl adjacent to an activating group) is 1. The number of hydrogen-bond donors (Lipinski definition) is 1. The van der Waals surface area contributed by atoms with E-state index in [2.05, 4.69) is 17.4 Å². The van der Waals surface area contributed by atoms with Crippen molar-refractivity contribution in [2.75, 3.05) is 11.9 Å². The molecule has 0 saturated heterocycles. The van der Waals surface area contributed by atoms with Crippen molar-refractivity contribution in [3.63, 3.8) is 0 Å². The van der Waals surface area contributed by atoms with E-state index in [1.807, 2.05) is 20.8 Å². The predicted octanol–water partition coefficient (Wildman–Crippen LogP) is 2.30. The average molecular weight is 258 g/mol. The minimum Gasteiger partial charge on any atom is -0.350 e. The number of benzene rings is 1. The summed E-state index contributed by atoms with van der Waals surface area (Å²) in [4.78, 5) is 24.9. The van der Waals surface area contributed by atoms with E-state index in [1.54, 1.807) is 6.92 Å². The highest BCUT2D eigenvalue weighted by Gasteiger charge is 2.30. The summed E-state index contributed by atoms with van der Waals surface area (Å²) in [6.45, 7) is 8.19. The molecule has 0 unspecified atom stereocenters. The second kappa shape index (κ2) is 4.88. The van der Waals surface area contributed by atoms with Crippen molar-refractivity contribution in [2.24, 2.45) is 0 Å². The summed E-state index contributed by atoms with van der Waals surface area (Å²) in [5, 5.41) is 3.10. The van der Waals surface area contributed by atoms with E-state index in [0.29, 0.717) is 12.2 Å². The van der Waals surface area contributed by atoms with Crippen LogP contribution in [0.15, 0.2) is 23.9 Å². The number of aryl methyl sites for hydroxylation is 3. The van der Waals surface area contributed by atoms with Crippen molar-refractivity contribution >= 4 is 17.5 Å². The standard InChI is InChI=1S/C15H18N2O2/c1-5-17-13(18)8-12(15(17)19)16-14-10(3)6-9(2)7-11(14)4/h6-8,16H,5H2,1-4H3. The molecule has 0 fully saturated rings. The summed E-state index contributed by atoms with van der Waals surface area (Å²) >= 11 is 0. The summed E-state index contributed by atoms with van der Waals surface area (Å²) in [5.41, 5.74) is 4.55. The van der Waals surface area contributed by atoms with Crippen LogP contribution in [0.1, 0.15) is 23.6 Å². The highest BCUT2D eigenvalue weighted by Crippen LogP contribution is 2.25. The number of rotatable bonds is 3. The predicted molar refractivity (Wildman–Crippen MR) is 74.8 cm³/mol. The lowest BCUT2D eigenvalue weighted by Crippen LogP contribution is -2.31. The van der Waals surface area contributed by atoms with Gasteiger partial charge in [0.25, 0.3) is 11.8 Å². The zero-order valence-electron chi connectivity index (χ0n) is 11.7. The van der Waals surface area contributed by atoms with Crippen LogP contribution >= 0.6 is 0 Å². The molecule has 0 aromatic heterocycles. The SMILES string of the molecule is CCN1C(=O)C=C(Nc2c(C)cc(C)cc2C)C1=O. The molecular weight excluding hydrogens is 240 g/mol. The first-order chi connectivity index (χ1) is 8.93. The highest BCUT2D eigenvalue weighted by molar-refractivity contribution is 6.17. The van der Waals surface area contributed by atoms with Crippen LogP contribution in [0.25, 0.3) is 0 Å². The van der Waals surface area contributed by atoms with Gasteiger partial charge in [-0.05, 0) is 38.8 Å². The minimum absolute atomic E-state index is 0.252. The van der Waals surface area contributed by atoms with Gasteiger partial charge in [-0.1, -0.05) is 17.7 Å². The molecule has 0 bridgehead atoms. The Labute approximate surface area is 113 Å². The molecule has 1 N–H and O–H groups in total. The van der Waals surface area contributed by atoms with Gasteiger partial charge in [0.2, 0.25) is 0 Å². The lowest BCUT2D eigenvalue weighted by atomic mass is 10.0. The topological polar surface area (TPSA) is 49.4 Å². The maximum atomic E-state index is 12.0. The second-order valence-corrected chi connectivity index (χ2v) is 4.84. The summed E-state index contributed by atoms with van der Waals surface area (Å²) in [6, 6.07) is 4.10. The number of carbonyl (C=O) groups excluding carboxylic acids is 2. The summed E-state index contributed by atoms with van der Waals surface area (Å²) in [6.07, 6.45) is 1.37. The van der Waals surface area contributed by atoms with Gasteiger partial charge in [0.1, 0.15) is 5.70 Å². The number of imide groups is 1. The Kier molecular flexibility index (Phi) is 3.42. The van der Waals surface area contributed by atoms with Crippen molar-refractivity contribution in [1.82, 2.24) is 4.90 Å². The van der Waals surface area contributed by atoms with E-state index in [4.69, 9.17) is 0 Å². The number of nitrogens with zero attached hydrogens (tertiary/aromatic N) is 1. The molecule has 2 amide bonds. The van der Waals surface area contributed by atoms with Crippen molar-refractivity contribution in [1.29, 1.82) is 0 Å². The Balaban J connectivity index is 2.31. The molecule has 0 spiro atoms. The normalized spacial score (nSPS) is 14.9. The first kappa shape index (κ1) is 13.3. The third-order valence-electron chi connectivity index (χ3n) is 3.26. The molecule has 1 heterocycles. The third kappa shape index (κ3) is 2.38. The number of amides is 2. The summed E-state index contributed by atoms with van der Waals surface area (Å²) < 4.78 is 0. The lowest BCUT2D eigenvalue weighted by molar-refractivity contribution is -0.136. The van der Waals surface area contributed by atoms with E-state index in [-0.39, 0.29) is 11.8 Å². The van der Waals surface area contributed by atoms with Gasteiger partial charge in [0.15, 0.2) is 0 Å². The highest BCUT2D eigenvalue weighted by atomic mass is 16.2. The van der Waals surface area contributed by atoms with Crippen molar-refractivity contribution < 1.29 is 9.59 Å². The van der Waals surface area contributed by atoms with Gasteiger partial charge in [-0.15, -0.1) is 0 Å². The number of anilines is 1. The summed E-state index contributed by atoms with van der Waals surface area (Å²) in [5.74, 6) is -0.510. The van der Waals surface area contributed by atoms with Crippen LogP contribution in [0.2, 0.25) is 0 Å².